The third kappa shape index (κ3) is 3.69. The van der Waals surface area contributed by atoms with Crippen molar-refractivity contribution in [1.29, 1.82) is 0 Å². The van der Waals surface area contributed by atoms with Gasteiger partial charge in [-0.1, -0.05) is 41.5 Å². The zero-order valence-electron chi connectivity index (χ0n) is 17.5. The first-order valence-corrected chi connectivity index (χ1v) is 10.6. The van der Waals surface area contributed by atoms with E-state index in [0.717, 1.165) is 17.1 Å². The molecule has 0 aromatic heterocycles. The highest BCUT2D eigenvalue weighted by Crippen LogP contribution is 2.38. The molecule has 5 rings (SSSR count). The summed E-state index contributed by atoms with van der Waals surface area (Å²) in [6.45, 7) is 4.24. The second-order valence-electron chi connectivity index (χ2n) is 8.16. The zero-order chi connectivity index (χ0) is 20.5. The molecule has 0 aliphatic heterocycles. The quantitative estimate of drug-likeness (QED) is 0.377. The first kappa shape index (κ1) is 18.5. The molecule has 2 nitrogen and oxygen atoms in total. The Morgan fingerprint density at radius 1 is 0.533 bits per heavy atom. The van der Waals surface area contributed by atoms with Crippen molar-refractivity contribution in [2.75, 3.05) is 10.2 Å². The molecule has 148 valence electrons. The van der Waals surface area contributed by atoms with Gasteiger partial charge in [-0.05, 0) is 98.5 Å². The van der Waals surface area contributed by atoms with Gasteiger partial charge in [-0.15, -0.1) is 0 Å². The smallest absolute Gasteiger partial charge is 0.0464 e. The topological polar surface area (TPSA) is 15.3 Å². The Hall–Kier alpha value is -3.52. The summed E-state index contributed by atoms with van der Waals surface area (Å²) in [6.07, 6.45) is 2.39. The largest absolute Gasteiger partial charge is 0.356 e. The molecule has 4 aromatic rings. The van der Waals surface area contributed by atoms with E-state index in [0.29, 0.717) is 0 Å². The van der Waals surface area contributed by atoms with Crippen molar-refractivity contribution < 1.29 is 0 Å². The minimum absolute atomic E-state index is 1.09. The molecule has 2 heteroatoms. The van der Waals surface area contributed by atoms with Gasteiger partial charge < -0.3 is 10.2 Å². The summed E-state index contributed by atoms with van der Waals surface area (Å²) in [5.74, 6) is 0. The Bertz CT molecular complexity index is 1160. The van der Waals surface area contributed by atoms with Gasteiger partial charge in [-0.25, -0.2) is 0 Å². The molecule has 0 bridgehead atoms. The number of anilines is 5. The van der Waals surface area contributed by atoms with Crippen LogP contribution in [0.15, 0.2) is 91.0 Å². The molecule has 0 unspecified atom stereocenters. The second kappa shape index (κ2) is 7.72. The van der Waals surface area contributed by atoms with Crippen molar-refractivity contribution in [2.45, 2.75) is 26.7 Å². The summed E-state index contributed by atoms with van der Waals surface area (Å²) in [5, 5.41) is 3.49. The predicted octanol–water partition coefficient (Wildman–Crippen LogP) is 7.62. The summed E-state index contributed by atoms with van der Waals surface area (Å²) >= 11 is 0. The lowest BCUT2D eigenvalue weighted by molar-refractivity contribution is 0.839. The number of benzene rings is 4. The van der Waals surface area contributed by atoms with Gasteiger partial charge in [-0.3, -0.25) is 0 Å². The van der Waals surface area contributed by atoms with Gasteiger partial charge >= 0.3 is 0 Å². The third-order valence-electron chi connectivity index (χ3n) is 5.87. The van der Waals surface area contributed by atoms with Crippen LogP contribution in [0.1, 0.15) is 22.3 Å². The Morgan fingerprint density at radius 3 is 1.53 bits per heavy atom. The summed E-state index contributed by atoms with van der Waals surface area (Å²) in [5.41, 5.74) is 11.2. The van der Waals surface area contributed by atoms with E-state index < -0.39 is 0 Å². The fourth-order valence-electron chi connectivity index (χ4n) is 3.96. The van der Waals surface area contributed by atoms with Crippen LogP contribution in [0.4, 0.5) is 28.4 Å². The van der Waals surface area contributed by atoms with E-state index in [1.54, 1.807) is 0 Å². The number of nitrogens with zero attached hydrogens (tertiary/aromatic N) is 1. The maximum absolute atomic E-state index is 3.49. The SMILES string of the molecule is Cc1ccc(Nc2ccc(N(c3ccc(C)cc3)c3ccc4c(c3)CC4)cc2)cc1. The van der Waals surface area contributed by atoms with Crippen LogP contribution in [0.25, 0.3) is 0 Å². The molecule has 0 radical (unpaired) electrons. The van der Waals surface area contributed by atoms with E-state index in [1.165, 1.54) is 46.5 Å². The average molecular weight is 391 g/mol. The van der Waals surface area contributed by atoms with Gasteiger partial charge in [-0.2, -0.15) is 0 Å². The van der Waals surface area contributed by atoms with Crippen LogP contribution >= 0.6 is 0 Å². The van der Waals surface area contributed by atoms with Crippen LogP contribution < -0.4 is 10.2 Å². The van der Waals surface area contributed by atoms with Gasteiger partial charge in [0, 0.05) is 28.4 Å². The second-order valence-corrected chi connectivity index (χ2v) is 8.16. The normalized spacial score (nSPS) is 12.1. The van der Waals surface area contributed by atoms with Crippen molar-refractivity contribution in [3.05, 3.63) is 113 Å². The van der Waals surface area contributed by atoms with Crippen molar-refractivity contribution >= 4 is 28.4 Å². The molecular weight excluding hydrogens is 364 g/mol. The molecule has 0 heterocycles. The molecule has 1 aliphatic carbocycles. The summed E-state index contributed by atoms with van der Waals surface area (Å²) in [7, 11) is 0. The lowest BCUT2D eigenvalue weighted by Crippen LogP contribution is -2.13. The van der Waals surface area contributed by atoms with Crippen LogP contribution in [0, 0.1) is 13.8 Å². The molecule has 1 aliphatic rings. The summed E-state index contributed by atoms with van der Waals surface area (Å²) in [4.78, 5) is 2.34. The van der Waals surface area contributed by atoms with Gasteiger partial charge in [0.15, 0.2) is 0 Å². The molecule has 0 saturated heterocycles. The minimum atomic E-state index is 1.09. The van der Waals surface area contributed by atoms with Crippen molar-refractivity contribution in [3.8, 4) is 0 Å². The molecular formula is C28H26N2. The Balaban J connectivity index is 1.48. The van der Waals surface area contributed by atoms with Gasteiger partial charge in [0.1, 0.15) is 0 Å². The zero-order valence-corrected chi connectivity index (χ0v) is 17.5. The van der Waals surface area contributed by atoms with E-state index >= 15 is 0 Å². The predicted molar refractivity (Wildman–Crippen MR) is 128 cm³/mol. The standard InChI is InChI=1S/C28H26N2/c1-20-3-10-24(11-4-20)29-25-12-17-27(18-13-25)30(26-14-5-21(2)6-15-26)28-16-9-22-7-8-23(22)19-28/h3-6,9-19,29H,7-8H2,1-2H3. The highest BCUT2D eigenvalue weighted by Gasteiger charge is 2.18. The lowest BCUT2D eigenvalue weighted by atomic mass is 9.88. The number of fused-ring (bicyclic) bond motifs is 1. The van der Waals surface area contributed by atoms with Crippen LogP contribution in [-0.2, 0) is 12.8 Å². The maximum atomic E-state index is 3.49. The Kier molecular flexibility index (Phi) is 4.76. The van der Waals surface area contributed by atoms with E-state index in [9.17, 15) is 0 Å². The Labute approximate surface area is 178 Å². The highest BCUT2D eigenvalue weighted by atomic mass is 15.1. The summed E-state index contributed by atoms with van der Waals surface area (Å²) < 4.78 is 0. The van der Waals surface area contributed by atoms with Crippen LogP contribution in [0.3, 0.4) is 0 Å². The number of nitrogens with one attached hydrogen (secondary N) is 1. The van der Waals surface area contributed by atoms with E-state index in [4.69, 9.17) is 0 Å². The van der Waals surface area contributed by atoms with Crippen LogP contribution in [0.2, 0.25) is 0 Å². The molecule has 30 heavy (non-hydrogen) atoms. The van der Waals surface area contributed by atoms with Crippen LogP contribution in [-0.4, -0.2) is 0 Å². The monoisotopic (exact) mass is 390 g/mol. The summed E-state index contributed by atoms with van der Waals surface area (Å²) in [6, 6.07) is 32.8. The third-order valence-corrected chi connectivity index (χ3v) is 5.87. The number of aryl methyl sites for hydroxylation is 4. The average Bonchev–Trinajstić information content (AvgIpc) is 2.74. The Morgan fingerprint density at radius 2 is 1.00 bits per heavy atom. The highest BCUT2D eigenvalue weighted by molar-refractivity contribution is 5.78. The first-order chi connectivity index (χ1) is 14.7. The molecule has 1 N–H and O–H groups in total. The lowest BCUT2D eigenvalue weighted by Gasteiger charge is -2.28. The number of hydrogen-bond acceptors (Lipinski definition) is 2. The van der Waals surface area contributed by atoms with Gasteiger partial charge in [0.2, 0.25) is 0 Å². The number of rotatable bonds is 5. The van der Waals surface area contributed by atoms with E-state index in [-0.39, 0.29) is 0 Å². The van der Waals surface area contributed by atoms with E-state index in [1.807, 2.05) is 0 Å². The molecule has 0 spiro atoms. The van der Waals surface area contributed by atoms with Crippen molar-refractivity contribution in [1.82, 2.24) is 0 Å². The van der Waals surface area contributed by atoms with Gasteiger partial charge in [0.05, 0.1) is 0 Å². The van der Waals surface area contributed by atoms with Crippen molar-refractivity contribution in [3.63, 3.8) is 0 Å². The molecule has 4 aromatic carbocycles. The molecule has 0 amide bonds. The number of hydrogen-bond donors (Lipinski definition) is 1. The van der Waals surface area contributed by atoms with E-state index in [2.05, 4.69) is 115 Å². The minimum Gasteiger partial charge on any atom is -0.356 e. The fraction of sp³-hybridized carbons (Fsp3) is 0.143. The fourth-order valence-corrected chi connectivity index (χ4v) is 3.96. The van der Waals surface area contributed by atoms with Crippen LogP contribution in [0.5, 0.6) is 0 Å². The molecule has 0 saturated carbocycles. The maximum Gasteiger partial charge on any atom is 0.0464 e. The molecule has 0 fully saturated rings. The van der Waals surface area contributed by atoms with Gasteiger partial charge in [0.25, 0.3) is 0 Å². The first-order valence-electron chi connectivity index (χ1n) is 10.6. The molecule has 0 atom stereocenters. The van der Waals surface area contributed by atoms with Crippen molar-refractivity contribution in [2.24, 2.45) is 0 Å².